The Balaban J connectivity index is 2.58. The predicted molar refractivity (Wildman–Crippen MR) is 50.8 cm³/mol. The van der Waals surface area contributed by atoms with Crippen LogP contribution in [0.3, 0.4) is 0 Å². The molecule has 0 atom stereocenters. The summed E-state index contributed by atoms with van der Waals surface area (Å²) in [4.78, 5) is 0. The molecule has 78 valence electrons. The van der Waals surface area contributed by atoms with Gasteiger partial charge < -0.3 is 5.11 Å². The summed E-state index contributed by atoms with van der Waals surface area (Å²) < 4.78 is 25.7. The standard InChI is InChI=1S/C8H17NO3S/c1-8(2,3)9-13(11,12)7-4-6(10)5-7/h6-7,9-10H,4-5H2,1-3H3. The van der Waals surface area contributed by atoms with Crippen LogP contribution in [0.5, 0.6) is 0 Å². The minimum Gasteiger partial charge on any atom is -0.393 e. The van der Waals surface area contributed by atoms with Crippen molar-refractivity contribution in [1.29, 1.82) is 0 Å². The SMILES string of the molecule is CC(C)(C)NS(=O)(=O)C1CC(O)C1. The molecule has 13 heavy (non-hydrogen) atoms. The molecular formula is C8H17NO3S. The number of aliphatic hydroxyl groups excluding tert-OH is 1. The Kier molecular flexibility index (Phi) is 2.71. The normalized spacial score (nSPS) is 29.8. The molecule has 4 nitrogen and oxygen atoms in total. The van der Waals surface area contributed by atoms with E-state index in [1.807, 2.05) is 0 Å². The van der Waals surface area contributed by atoms with Crippen LogP contribution in [0.25, 0.3) is 0 Å². The zero-order valence-electron chi connectivity index (χ0n) is 8.24. The first-order valence-corrected chi connectivity index (χ1v) is 5.96. The van der Waals surface area contributed by atoms with E-state index in [4.69, 9.17) is 5.11 Å². The lowest BCUT2D eigenvalue weighted by atomic mass is 9.96. The minimum absolute atomic E-state index is 0.366. The molecule has 2 N–H and O–H groups in total. The van der Waals surface area contributed by atoms with E-state index in [1.165, 1.54) is 0 Å². The number of rotatable bonds is 2. The van der Waals surface area contributed by atoms with Crippen LogP contribution < -0.4 is 4.72 Å². The number of hydrogen-bond donors (Lipinski definition) is 2. The molecule has 1 fully saturated rings. The molecule has 0 amide bonds. The molecule has 1 aliphatic carbocycles. The Hall–Kier alpha value is -0.130. The number of nitrogens with one attached hydrogen (secondary N) is 1. The van der Waals surface area contributed by atoms with E-state index in [1.54, 1.807) is 20.8 Å². The van der Waals surface area contributed by atoms with Crippen LogP contribution in [0.15, 0.2) is 0 Å². The third-order valence-electron chi connectivity index (χ3n) is 1.96. The molecule has 0 aromatic carbocycles. The zero-order chi connectivity index (χ0) is 10.3. The highest BCUT2D eigenvalue weighted by molar-refractivity contribution is 7.90. The van der Waals surface area contributed by atoms with Gasteiger partial charge in [0, 0.05) is 5.54 Å². The van der Waals surface area contributed by atoms with E-state index >= 15 is 0 Å². The summed E-state index contributed by atoms with van der Waals surface area (Å²) in [6.45, 7) is 5.42. The van der Waals surface area contributed by atoms with Gasteiger partial charge in [-0.3, -0.25) is 0 Å². The number of hydrogen-bond acceptors (Lipinski definition) is 3. The van der Waals surface area contributed by atoms with E-state index in [-0.39, 0.29) is 0 Å². The van der Waals surface area contributed by atoms with Gasteiger partial charge in [-0.25, -0.2) is 13.1 Å². The van der Waals surface area contributed by atoms with Crippen LogP contribution in [0, 0.1) is 0 Å². The number of aliphatic hydroxyl groups is 1. The van der Waals surface area contributed by atoms with Crippen molar-refractivity contribution in [3.8, 4) is 0 Å². The van der Waals surface area contributed by atoms with E-state index in [0.717, 1.165) is 0 Å². The van der Waals surface area contributed by atoms with Crippen LogP contribution in [0.1, 0.15) is 33.6 Å². The molecule has 1 rings (SSSR count). The molecule has 0 aliphatic heterocycles. The Morgan fingerprint density at radius 3 is 2.08 bits per heavy atom. The minimum atomic E-state index is -3.22. The summed E-state index contributed by atoms with van der Waals surface area (Å²) in [5.74, 6) is 0. The highest BCUT2D eigenvalue weighted by Gasteiger charge is 2.39. The zero-order valence-corrected chi connectivity index (χ0v) is 9.06. The average Bonchev–Trinajstić information content (AvgIpc) is 1.74. The molecule has 0 saturated heterocycles. The van der Waals surface area contributed by atoms with Crippen molar-refractivity contribution in [1.82, 2.24) is 4.72 Å². The maximum absolute atomic E-state index is 11.6. The van der Waals surface area contributed by atoms with Gasteiger partial charge in [0.15, 0.2) is 0 Å². The summed E-state index contributed by atoms with van der Waals surface area (Å²) in [6.07, 6.45) is 0.304. The van der Waals surface area contributed by atoms with E-state index in [2.05, 4.69) is 4.72 Å². The van der Waals surface area contributed by atoms with Crippen molar-refractivity contribution in [3.63, 3.8) is 0 Å². The Bertz CT molecular complexity index is 272. The van der Waals surface area contributed by atoms with Crippen molar-refractivity contribution in [2.24, 2.45) is 0 Å². The predicted octanol–water partition coefficient (Wildman–Crippen LogP) is 0.228. The second kappa shape index (κ2) is 3.22. The van der Waals surface area contributed by atoms with Crippen molar-refractivity contribution in [3.05, 3.63) is 0 Å². The topological polar surface area (TPSA) is 66.4 Å². The highest BCUT2D eigenvalue weighted by Crippen LogP contribution is 2.27. The lowest BCUT2D eigenvalue weighted by molar-refractivity contribution is 0.0970. The maximum Gasteiger partial charge on any atom is 0.215 e. The molecule has 0 aromatic rings. The first kappa shape index (κ1) is 10.9. The molecule has 5 heteroatoms. The van der Waals surface area contributed by atoms with Gasteiger partial charge >= 0.3 is 0 Å². The average molecular weight is 207 g/mol. The van der Waals surface area contributed by atoms with Crippen LogP contribution in [-0.4, -0.2) is 30.4 Å². The number of sulfonamides is 1. The second-order valence-corrected chi connectivity index (χ2v) is 6.61. The van der Waals surface area contributed by atoms with Gasteiger partial charge in [0.25, 0.3) is 0 Å². The van der Waals surface area contributed by atoms with Gasteiger partial charge in [0.2, 0.25) is 10.0 Å². The van der Waals surface area contributed by atoms with Crippen LogP contribution in [0.2, 0.25) is 0 Å². The summed E-state index contributed by atoms with van der Waals surface area (Å²) in [5.41, 5.74) is -0.431. The maximum atomic E-state index is 11.6. The molecule has 0 spiro atoms. The highest BCUT2D eigenvalue weighted by atomic mass is 32.2. The first-order chi connectivity index (χ1) is 5.71. The fourth-order valence-corrected chi connectivity index (χ4v) is 3.27. The molecular weight excluding hydrogens is 190 g/mol. The molecule has 1 saturated carbocycles. The fourth-order valence-electron chi connectivity index (χ4n) is 1.30. The third kappa shape index (κ3) is 2.93. The van der Waals surface area contributed by atoms with Crippen molar-refractivity contribution in [2.45, 2.75) is 50.5 Å². The van der Waals surface area contributed by atoms with Gasteiger partial charge in [-0.1, -0.05) is 0 Å². The molecule has 0 aromatic heterocycles. The van der Waals surface area contributed by atoms with Gasteiger partial charge in [-0.05, 0) is 33.6 Å². The van der Waals surface area contributed by atoms with Gasteiger partial charge in [-0.15, -0.1) is 0 Å². The summed E-state index contributed by atoms with van der Waals surface area (Å²) in [7, 11) is -3.22. The van der Waals surface area contributed by atoms with Gasteiger partial charge in [0.05, 0.1) is 11.4 Å². The Morgan fingerprint density at radius 2 is 1.77 bits per heavy atom. The fraction of sp³-hybridized carbons (Fsp3) is 1.00. The first-order valence-electron chi connectivity index (χ1n) is 4.41. The molecule has 1 aliphatic rings. The summed E-state index contributed by atoms with van der Waals surface area (Å²) in [5, 5.41) is 8.59. The van der Waals surface area contributed by atoms with Crippen LogP contribution >= 0.6 is 0 Å². The summed E-state index contributed by atoms with van der Waals surface area (Å²) >= 11 is 0. The van der Waals surface area contributed by atoms with Crippen LogP contribution in [-0.2, 0) is 10.0 Å². The lowest BCUT2D eigenvalue weighted by Gasteiger charge is -2.33. The second-order valence-electron chi connectivity index (χ2n) is 4.64. The molecule has 0 unspecified atom stereocenters. The molecule has 0 bridgehead atoms. The van der Waals surface area contributed by atoms with Crippen molar-refractivity contribution < 1.29 is 13.5 Å². The summed E-state index contributed by atoms with van der Waals surface area (Å²) in [6, 6.07) is 0. The van der Waals surface area contributed by atoms with E-state index < -0.39 is 26.9 Å². The smallest absolute Gasteiger partial charge is 0.215 e. The van der Waals surface area contributed by atoms with Crippen molar-refractivity contribution >= 4 is 10.0 Å². The molecule has 0 radical (unpaired) electrons. The van der Waals surface area contributed by atoms with E-state index in [0.29, 0.717) is 12.8 Å². The quantitative estimate of drug-likeness (QED) is 0.681. The van der Waals surface area contributed by atoms with E-state index in [9.17, 15) is 8.42 Å². The lowest BCUT2D eigenvalue weighted by Crippen LogP contribution is -2.50. The monoisotopic (exact) mass is 207 g/mol. The third-order valence-corrected chi connectivity index (χ3v) is 4.12. The van der Waals surface area contributed by atoms with Crippen LogP contribution in [0.4, 0.5) is 0 Å². The largest absolute Gasteiger partial charge is 0.393 e. The Labute approximate surface area is 79.4 Å². The Morgan fingerprint density at radius 1 is 1.31 bits per heavy atom. The van der Waals surface area contributed by atoms with Gasteiger partial charge in [-0.2, -0.15) is 0 Å². The van der Waals surface area contributed by atoms with Gasteiger partial charge in [0.1, 0.15) is 0 Å². The van der Waals surface area contributed by atoms with Crippen molar-refractivity contribution in [2.75, 3.05) is 0 Å². The molecule has 0 heterocycles.